The van der Waals surface area contributed by atoms with E-state index >= 15 is 0 Å². The van der Waals surface area contributed by atoms with Gasteiger partial charge in [0.05, 0.1) is 17.0 Å². The summed E-state index contributed by atoms with van der Waals surface area (Å²) in [7, 11) is 0. The zero-order chi connectivity index (χ0) is 19.9. The molecule has 3 rings (SSSR count). The van der Waals surface area contributed by atoms with Crippen LogP contribution in [-0.4, -0.2) is 23.9 Å². The standard InChI is InChI=1S/C20H18N2O4S2/c1-13(18(23)21-12-16-7-3-9-27-16)26-20(25)14-5-2-6-15(11-14)22-19(24)17-8-4-10-28-17/h2-11,13H,12H2,1H3,(H,21,23)(H,22,24)/t13-/m1/s1. The molecule has 0 bridgehead atoms. The van der Waals surface area contributed by atoms with Crippen molar-refractivity contribution in [3.05, 3.63) is 74.6 Å². The lowest BCUT2D eigenvalue weighted by molar-refractivity contribution is -0.129. The summed E-state index contributed by atoms with van der Waals surface area (Å²) in [4.78, 5) is 38.2. The normalized spacial score (nSPS) is 11.5. The van der Waals surface area contributed by atoms with Crippen LogP contribution in [0.5, 0.6) is 0 Å². The first-order valence-corrected chi connectivity index (χ1v) is 10.2. The van der Waals surface area contributed by atoms with Crippen LogP contribution >= 0.6 is 22.7 Å². The van der Waals surface area contributed by atoms with Gasteiger partial charge in [0.15, 0.2) is 6.10 Å². The number of carbonyl (C=O) groups excluding carboxylic acids is 3. The highest BCUT2D eigenvalue weighted by atomic mass is 32.1. The number of rotatable bonds is 7. The molecule has 2 heterocycles. The molecule has 2 amide bonds. The fourth-order valence-corrected chi connectivity index (χ4v) is 3.60. The first-order chi connectivity index (χ1) is 13.5. The third-order valence-electron chi connectivity index (χ3n) is 3.77. The number of hydrogen-bond donors (Lipinski definition) is 2. The summed E-state index contributed by atoms with van der Waals surface area (Å²) in [5.41, 5.74) is 0.726. The monoisotopic (exact) mass is 414 g/mol. The SMILES string of the molecule is C[C@@H](OC(=O)c1cccc(NC(=O)c2cccs2)c1)C(=O)NCc1cccs1. The molecule has 28 heavy (non-hydrogen) atoms. The Bertz CT molecular complexity index is 953. The van der Waals surface area contributed by atoms with E-state index in [1.807, 2.05) is 22.9 Å². The molecule has 8 heteroatoms. The van der Waals surface area contributed by atoms with Crippen LogP contribution in [0.4, 0.5) is 5.69 Å². The predicted molar refractivity (Wildman–Crippen MR) is 110 cm³/mol. The molecule has 1 aromatic carbocycles. The Morgan fingerprint density at radius 2 is 1.82 bits per heavy atom. The second-order valence-electron chi connectivity index (χ2n) is 5.86. The third kappa shape index (κ3) is 5.28. The van der Waals surface area contributed by atoms with Gasteiger partial charge in [0.2, 0.25) is 0 Å². The topological polar surface area (TPSA) is 84.5 Å². The number of hydrogen-bond acceptors (Lipinski definition) is 6. The molecule has 0 radical (unpaired) electrons. The number of benzene rings is 1. The minimum atomic E-state index is -0.933. The van der Waals surface area contributed by atoms with Crippen molar-refractivity contribution < 1.29 is 19.1 Å². The Labute approximate surface area is 170 Å². The van der Waals surface area contributed by atoms with Gasteiger partial charge in [-0.1, -0.05) is 18.2 Å². The summed E-state index contributed by atoms with van der Waals surface area (Å²) in [6.45, 7) is 1.91. The first kappa shape index (κ1) is 19.8. The second-order valence-corrected chi connectivity index (χ2v) is 7.84. The van der Waals surface area contributed by atoms with E-state index in [2.05, 4.69) is 10.6 Å². The third-order valence-corrected chi connectivity index (χ3v) is 5.52. The molecule has 3 aromatic rings. The van der Waals surface area contributed by atoms with Gasteiger partial charge in [-0.3, -0.25) is 9.59 Å². The molecule has 1 atom stereocenters. The van der Waals surface area contributed by atoms with Gasteiger partial charge >= 0.3 is 5.97 Å². The smallest absolute Gasteiger partial charge is 0.338 e. The molecular formula is C20H18N2O4S2. The van der Waals surface area contributed by atoms with E-state index in [-0.39, 0.29) is 17.4 Å². The Kier molecular flexibility index (Phi) is 6.57. The van der Waals surface area contributed by atoms with Crippen molar-refractivity contribution in [2.45, 2.75) is 19.6 Å². The minimum absolute atomic E-state index is 0.248. The van der Waals surface area contributed by atoms with Crippen LogP contribution in [0.2, 0.25) is 0 Å². The van der Waals surface area contributed by atoms with Crippen LogP contribution in [0.3, 0.4) is 0 Å². The van der Waals surface area contributed by atoms with Crippen LogP contribution in [0.1, 0.15) is 31.8 Å². The number of ether oxygens (including phenoxy) is 1. The molecule has 0 saturated carbocycles. The fraction of sp³-hybridized carbons (Fsp3) is 0.150. The Hall–Kier alpha value is -2.97. The van der Waals surface area contributed by atoms with E-state index in [0.717, 1.165) is 4.88 Å². The maximum Gasteiger partial charge on any atom is 0.338 e. The van der Waals surface area contributed by atoms with Crippen molar-refractivity contribution in [2.75, 3.05) is 5.32 Å². The lowest BCUT2D eigenvalue weighted by atomic mass is 10.2. The molecule has 2 N–H and O–H groups in total. The average Bonchev–Trinajstić information content (AvgIpc) is 3.40. The van der Waals surface area contributed by atoms with Crippen LogP contribution < -0.4 is 10.6 Å². The van der Waals surface area contributed by atoms with Gasteiger partial charge in [-0.15, -0.1) is 22.7 Å². The van der Waals surface area contributed by atoms with Gasteiger partial charge in [-0.2, -0.15) is 0 Å². The fourth-order valence-electron chi connectivity index (χ4n) is 2.34. The van der Waals surface area contributed by atoms with Crippen molar-refractivity contribution in [1.29, 1.82) is 0 Å². The summed E-state index contributed by atoms with van der Waals surface area (Å²) < 4.78 is 5.24. The van der Waals surface area contributed by atoms with Crippen LogP contribution in [0.15, 0.2) is 59.3 Å². The highest BCUT2D eigenvalue weighted by Gasteiger charge is 2.19. The van der Waals surface area contributed by atoms with Crippen molar-refractivity contribution in [3.8, 4) is 0 Å². The summed E-state index contributed by atoms with van der Waals surface area (Å²) in [6.07, 6.45) is -0.933. The van der Waals surface area contributed by atoms with E-state index in [9.17, 15) is 14.4 Å². The predicted octanol–water partition coefficient (Wildman–Crippen LogP) is 3.92. The Balaban J connectivity index is 1.56. The van der Waals surface area contributed by atoms with E-state index < -0.39 is 12.1 Å². The second kappa shape index (κ2) is 9.29. The molecule has 0 aliphatic heterocycles. The summed E-state index contributed by atoms with van der Waals surface area (Å²) in [5, 5.41) is 9.21. The summed E-state index contributed by atoms with van der Waals surface area (Å²) in [6, 6.07) is 13.7. The lowest BCUT2D eigenvalue weighted by Crippen LogP contribution is -2.35. The summed E-state index contributed by atoms with van der Waals surface area (Å²) in [5.74, 6) is -1.25. The zero-order valence-corrected chi connectivity index (χ0v) is 16.6. The van der Waals surface area contributed by atoms with Crippen molar-refractivity contribution >= 4 is 46.1 Å². The lowest BCUT2D eigenvalue weighted by Gasteiger charge is -2.13. The first-order valence-electron chi connectivity index (χ1n) is 8.49. The van der Waals surface area contributed by atoms with Gasteiger partial charge < -0.3 is 15.4 Å². The van der Waals surface area contributed by atoms with E-state index in [1.54, 1.807) is 30.3 Å². The number of nitrogens with one attached hydrogen (secondary N) is 2. The number of amides is 2. The number of esters is 1. The van der Waals surface area contributed by atoms with E-state index in [0.29, 0.717) is 17.1 Å². The molecule has 0 aliphatic rings. The molecule has 0 unspecified atom stereocenters. The zero-order valence-electron chi connectivity index (χ0n) is 15.0. The highest BCUT2D eigenvalue weighted by molar-refractivity contribution is 7.12. The van der Waals surface area contributed by atoms with Gasteiger partial charge in [0.1, 0.15) is 0 Å². The van der Waals surface area contributed by atoms with Gasteiger partial charge in [-0.25, -0.2) is 4.79 Å². The molecule has 0 saturated heterocycles. The van der Waals surface area contributed by atoms with Gasteiger partial charge in [-0.05, 0) is 48.0 Å². The van der Waals surface area contributed by atoms with Crippen LogP contribution in [-0.2, 0) is 16.1 Å². The van der Waals surface area contributed by atoms with Crippen molar-refractivity contribution in [3.63, 3.8) is 0 Å². The molecule has 0 fully saturated rings. The maximum atomic E-state index is 12.3. The molecule has 0 spiro atoms. The van der Waals surface area contributed by atoms with Crippen molar-refractivity contribution in [2.24, 2.45) is 0 Å². The molecular weight excluding hydrogens is 396 g/mol. The molecule has 144 valence electrons. The van der Waals surface area contributed by atoms with Crippen LogP contribution in [0.25, 0.3) is 0 Å². The van der Waals surface area contributed by atoms with E-state index in [1.165, 1.54) is 35.7 Å². The largest absolute Gasteiger partial charge is 0.449 e. The van der Waals surface area contributed by atoms with Crippen molar-refractivity contribution in [1.82, 2.24) is 5.32 Å². The summed E-state index contributed by atoms with van der Waals surface area (Å²) >= 11 is 2.87. The Morgan fingerprint density at radius 1 is 1.04 bits per heavy atom. The quantitative estimate of drug-likeness (QED) is 0.574. The number of thiophene rings is 2. The maximum absolute atomic E-state index is 12.3. The highest BCUT2D eigenvalue weighted by Crippen LogP contribution is 2.16. The molecule has 6 nitrogen and oxygen atoms in total. The number of carbonyl (C=O) groups is 3. The average molecular weight is 415 g/mol. The van der Waals surface area contributed by atoms with Gasteiger partial charge in [0, 0.05) is 10.6 Å². The molecule has 0 aliphatic carbocycles. The van der Waals surface area contributed by atoms with Gasteiger partial charge in [0.25, 0.3) is 11.8 Å². The molecule has 2 aromatic heterocycles. The minimum Gasteiger partial charge on any atom is -0.449 e. The van der Waals surface area contributed by atoms with Crippen LogP contribution in [0, 0.1) is 0 Å². The Morgan fingerprint density at radius 3 is 2.54 bits per heavy atom. The van der Waals surface area contributed by atoms with E-state index in [4.69, 9.17) is 4.74 Å². The number of anilines is 1.